The average molecular weight is 342 g/mol. The molecule has 1 aromatic heterocycles. The smallest absolute Gasteiger partial charge is 0.225 e. The van der Waals surface area contributed by atoms with Crippen molar-refractivity contribution in [3.8, 4) is 0 Å². The van der Waals surface area contributed by atoms with Gasteiger partial charge in [0, 0.05) is 31.9 Å². The van der Waals surface area contributed by atoms with Crippen molar-refractivity contribution in [1.82, 2.24) is 14.9 Å². The predicted octanol–water partition coefficient (Wildman–Crippen LogP) is 2.79. The van der Waals surface area contributed by atoms with Gasteiger partial charge in [0.2, 0.25) is 5.95 Å². The van der Waals surface area contributed by atoms with E-state index in [0.29, 0.717) is 0 Å². The lowest BCUT2D eigenvalue weighted by molar-refractivity contribution is 0.122. The third kappa shape index (κ3) is 3.80. The van der Waals surface area contributed by atoms with Gasteiger partial charge in [0.25, 0.3) is 0 Å². The fourth-order valence-electron chi connectivity index (χ4n) is 3.70. The molecule has 0 amide bonds. The van der Waals surface area contributed by atoms with Crippen molar-refractivity contribution >= 4 is 5.95 Å². The van der Waals surface area contributed by atoms with E-state index >= 15 is 0 Å². The highest BCUT2D eigenvalue weighted by Gasteiger charge is 2.26. The van der Waals surface area contributed by atoms with Crippen LogP contribution < -0.4 is 4.90 Å². The molecule has 5 nitrogen and oxygen atoms in total. The number of anilines is 1. The zero-order valence-corrected chi connectivity index (χ0v) is 14.3. The van der Waals surface area contributed by atoms with Crippen LogP contribution in [-0.2, 0) is 11.3 Å². The number of likely N-dealkylation sites (tertiary alicyclic amines) is 1. The Bertz CT molecular complexity index is 720. The molecular weight excluding hydrogens is 319 g/mol. The van der Waals surface area contributed by atoms with E-state index in [1.54, 1.807) is 12.1 Å². The fraction of sp³-hybridized carbons (Fsp3) is 0.474. The first-order chi connectivity index (χ1) is 12.3. The number of benzene rings is 1. The van der Waals surface area contributed by atoms with Crippen LogP contribution in [0.15, 0.2) is 36.5 Å². The van der Waals surface area contributed by atoms with Gasteiger partial charge in [0.05, 0.1) is 18.9 Å². The van der Waals surface area contributed by atoms with E-state index in [-0.39, 0.29) is 11.9 Å². The summed E-state index contributed by atoms with van der Waals surface area (Å²) >= 11 is 0. The second-order valence-electron chi connectivity index (χ2n) is 6.63. The summed E-state index contributed by atoms with van der Waals surface area (Å²) in [5.41, 5.74) is 2.07. The summed E-state index contributed by atoms with van der Waals surface area (Å²) < 4.78 is 19.0. The van der Waals surface area contributed by atoms with Crippen LogP contribution in [0.25, 0.3) is 0 Å². The summed E-state index contributed by atoms with van der Waals surface area (Å²) in [6.45, 7) is 4.89. The summed E-state index contributed by atoms with van der Waals surface area (Å²) in [7, 11) is 0. The summed E-state index contributed by atoms with van der Waals surface area (Å²) in [4.78, 5) is 13.7. The first-order valence-electron chi connectivity index (χ1n) is 8.94. The van der Waals surface area contributed by atoms with Crippen molar-refractivity contribution in [3.05, 3.63) is 53.6 Å². The summed E-state index contributed by atoms with van der Waals surface area (Å²) in [5, 5.41) is 0. The topological polar surface area (TPSA) is 41.5 Å². The van der Waals surface area contributed by atoms with Crippen LogP contribution in [0, 0.1) is 5.82 Å². The highest BCUT2D eigenvalue weighted by Crippen LogP contribution is 2.33. The molecule has 6 heteroatoms. The van der Waals surface area contributed by atoms with E-state index in [9.17, 15) is 4.39 Å². The minimum Gasteiger partial charge on any atom is -0.378 e. The van der Waals surface area contributed by atoms with Gasteiger partial charge in [0.1, 0.15) is 5.82 Å². The first-order valence-corrected chi connectivity index (χ1v) is 8.94. The third-order valence-corrected chi connectivity index (χ3v) is 4.96. The van der Waals surface area contributed by atoms with Crippen molar-refractivity contribution in [3.63, 3.8) is 0 Å². The van der Waals surface area contributed by atoms with E-state index in [4.69, 9.17) is 9.72 Å². The van der Waals surface area contributed by atoms with Crippen molar-refractivity contribution in [2.75, 3.05) is 37.7 Å². The van der Waals surface area contributed by atoms with Crippen molar-refractivity contribution in [2.24, 2.45) is 0 Å². The molecule has 0 aliphatic carbocycles. The molecular formula is C19H23FN4O. The first kappa shape index (κ1) is 16.4. The highest BCUT2D eigenvalue weighted by atomic mass is 19.1. The van der Waals surface area contributed by atoms with Crippen molar-refractivity contribution < 1.29 is 9.13 Å². The van der Waals surface area contributed by atoms with Crippen LogP contribution in [0.2, 0.25) is 0 Å². The van der Waals surface area contributed by atoms with Gasteiger partial charge in [-0.1, -0.05) is 12.1 Å². The Morgan fingerprint density at radius 1 is 1.16 bits per heavy atom. The van der Waals surface area contributed by atoms with Crippen LogP contribution in [-0.4, -0.2) is 47.7 Å². The molecule has 0 saturated carbocycles. The molecule has 0 unspecified atom stereocenters. The van der Waals surface area contributed by atoms with Crippen LogP contribution in [0.1, 0.15) is 30.1 Å². The number of ether oxygens (including phenoxy) is 1. The van der Waals surface area contributed by atoms with Crippen LogP contribution in [0.5, 0.6) is 0 Å². The molecule has 25 heavy (non-hydrogen) atoms. The lowest BCUT2D eigenvalue weighted by atomic mass is 10.0. The fourth-order valence-corrected chi connectivity index (χ4v) is 3.70. The number of aromatic nitrogens is 2. The summed E-state index contributed by atoms with van der Waals surface area (Å²) in [5.74, 6) is 0.614. The van der Waals surface area contributed by atoms with Crippen LogP contribution in [0.4, 0.5) is 10.3 Å². The second kappa shape index (κ2) is 7.45. The lowest BCUT2D eigenvalue weighted by Gasteiger charge is -2.28. The minimum atomic E-state index is -0.166. The number of morpholine rings is 1. The van der Waals surface area contributed by atoms with E-state index in [1.165, 1.54) is 6.07 Å². The van der Waals surface area contributed by atoms with Crippen LogP contribution >= 0.6 is 0 Å². The van der Waals surface area contributed by atoms with Crippen molar-refractivity contribution in [2.45, 2.75) is 25.4 Å². The molecule has 0 N–H and O–H groups in total. The molecule has 2 aliphatic heterocycles. The maximum absolute atomic E-state index is 13.6. The monoisotopic (exact) mass is 342 g/mol. The number of rotatable bonds is 4. The van der Waals surface area contributed by atoms with E-state index in [0.717, 1.165) is 69.4 Å². The zero-order chi connectivity index (χ0) is 17.1. The highest BCUT2D eigenvalue weighted by molar-refractivity contribution is 5.31. The minimum absolute atomic E-state index is 0.166. The second-order valence-corrected chi connectivity index (χ2v) is 6.63. The summed E-state index contributed by atoms with van der Waals surface area (Å²) in [6.07, 6.45) is 4.02. The Labute approximate surface area is 147 Å². The quantitative estimate of drug-likeness (QED) is 0.855. The van der Waals surface area contributed by atoms with Gasteiger partial charge < -0.3 is 9.64 Å². The number of halogens is 1. The van der Waals surface area contributed by atoms with Gasteiger partial charge in [-0.3, -0.25) is 4.90 Å². The molecule has 132 valence electrons. The molecule has 1 atom stereocenters. The van der Waals surface area contributed by atoms with Gasteiger partial charge in [0.15, 0.2) is 0 Å². The molecule has 2 saturated heterocycles. The molecule has 0 spiro atoms. The van der Waals surface area contributed by atoms with Gasteiger partial charge >= 0.3 is 0 Å². The van der Waals surface area contributed by atoms with Gasteiger partial charge in [-0.2, -0.15) is 0 Å². The number of hydrogen-bond donors (Lipinski definition) is 0. The maximum Gasteiger partial charge on any atom is 0.225 e. The van der Waals surface area contributed by atoms with Crippen molar-refractivity contribution in [1.29, 1.82) is 0 Å². The molecule has 2 fully saturated rings. The molecule has 2 aliphatic rings. The third-order valence-electron chi connectivity index (χ3n) is 4.96. The Morgan fingerprint density at radius 3 is 2.88 bits per heavy atom. The maximum atomic E-state index is 13.6. The Morgan fingerprint density at radius 2 is 2.04 bits per heavy atom. The normalized spacial score (nSPS) is 21.6. The number of nitrogens with zero attached hydrogens (tertiary/aromatic N) is 4. The molecule has 1 aromatic carbocycles. The van der Waals surface area contributed by atoms with Gasteiger partial charge in [-0.15, -0.1) is 0 Å². The standard InChI is InChI=1S/C19H23FN4O/c20-16-4-1-3-15(13-16)18-5-2-8-24(18)14-17-6-7-21-19(22-17)23-9-11-25-12-10-23/h1,3-4,6-7,13,18H,2,5,8-12,14H2/t18-/m1/s1. The molecule has 2 aromatic rings. The number of hydrogen-bond acceptors (Lipinski definition) is 5. The molecule has 0 radical (unpaired) electrons. The van der Waals surface area contributed by atoms with E-state index < -0.39 is 0 Å². The largest absolute Gasteiger partial charge is 0.378 e. The van der Waals surface area contributed by atoms with Gasteiger partial charge in [-0.25, -0.2) is 14.4 Å². The Hall–Kier alpha value is -2.05. The molecule has 4 rings (SSSR count). The summed E-state index contributed by atoms with van der Waals surface area (Å²) in [6, 6.07) is 9.21. The van der Waals surface area contributed by atoms with E-state index in [2.05, 4.69) is 14.8 Å². The molecule has 3 heterocycles. The molecule has 0 bridgehead atoms. The van der Waals surface area contributed by atoms with E-state index in [1.807, 2.05) is 18.3 Å². The zero-order valence-electron chi connectivity index (χ0n) is 14.3. The predicted molar refractivity (Wildman–Crippen MR) is 93.8 cm³/mol. The average Bonchev–Trinajstić information content (AvgIpc) is 3.11. The SMILES string of the molecule is Fc1cccc([C@H]2CCCN2Cc2ccnc(N3CCOCC3)n2)c1. The Balaban J connectivity index is 1.49. The lowest BCUT2D eigenvalue weighted by Crippen LogP contribution is -2.37. The van der Waals surface area contributed by atoms with Gasteiger partial charge in [-0.05, 0) is 43.1 Å². The van der Waals surface area contributed by atoms with Crippen LogP contribution in [0.3, 0.4) is 0 Å². The Kier molecular flexibility index (Phi) is 4.90.